The molecule has 1 radical (unpaired) electrons. The van der Waals surface area contributed by atoms with Crippen molar-refractivity contribution in [2.75, 3.05) is 0 Å². The number of hydrogen-bond acceptors (Lipinski definition) is 3. The fraction of sp³-hybridized carbons (Fsp3) is 0.200. The average molecular weight is 128 g/mol. The molecule has 0 aliphatic rings. The molecule has 8 heavy (non-hydrogen) atoms. The van der Waals surface area contributed by atoms with Gasteiger partial charge in [0.1, 0.15) is 5.01 Å². The molecule has 0 aromatic carbocycles. The molecule has 1 aromatic rings. The predicted octanol–water partition coefficient (Wildman–Crippen LogP) is 1.45. The fourth-order valence-electron chi connectivity index (χ4n) is 0.412. The standard InChI is InChI=1S/C5H6NOS/c1-7-4-5-6-2-3-8-5/h2-3H,1,4H2. The summed E-state index contributed by atoms with van der Waals surface area (Å²) in [6.45, 7) is 0.525. The van der Waals surface area contributed by atoms with Crippen molar-refractivity contribution in [2.45, 2.75) is 6.61 Å². The first kappa shape index (κ1) is 5.72. The van der Waals surface area contributed by atoms with Gasteiger partial charge in [0.05, 0.1) is 13.7 Å². The van der Waals surface area contributed by atoms with Crippen molar-refractivity contribution in [3.05, 3.63) is 23.7 Å². The van der Waals surface area contributed by atoms with E-state index in [1.165, 1.54) is 0 Å². The maximum absolute atomic E-state index is 4.58. The Bertz CT molecular complexity index is 138. The van der Waals surface area contributed by atoms with Crippen molar-refractivity contribution in [2.24, 2.45) is 0 Å². The summed E-state index contributed by atoms with van der Waals surface area (Å²) >= 11 is 1.57. The van der Waals surface area contributed by atoms with Gasteiger partial charge in [-0.1, -0.05) is 0 Å². The normalized spacial score (nSPS) is 9.62. The second-order valence-electron chi connectivity index (χ2n) is 1.27. The predicted molar refractivity (Wildman–Crippen MR) is 32.3 cm³/mol. The average Bonchev–Trinajstić information content (AvgIpc) is 2.19. The first-order chi connectivity index (χ1) is 3.93. The number of ether oxygens (including phenoxy) is 1. The minimum atomic E-state index is 0.525. The van der Waals surface area contributed by atoms with E-state index in [-0.39, 0.29) is 0 Å². The van der Waals surface area contributed by atoms with Crippen LogP contribution in [0.15, 0.2) is 11.6 Å². The number of hydrogen-bond donors (Lipinski definition) is 0. The van der Waals surface area contributed by atoms with Gasteiger partial charge >= 0.3 is 0 Å². The molecule has 0 fully saturated rings. The lowest BCUT2D eigenvalue weighted by molar-refractivity contribution is 0.228. The van der Waals surface area contributed by atoms with Crippen molar-refractivity contribution < 1.29 is 4.74 Å². The van der Waals surface area contributed by atoms with Crippen LogP contribution >= 0.6 is 11.3 Å². The van der Waals surface area contributed by atoms with E-state index in [1.54, 1.807) is 17.5 Å². The summed E-state index contributed by atoms with van der Waals surface area (Å²) in [6.07, 6.45) is 1.75. The van der Waals surface area contributed by atoms with Crippen molar-refractivity contribution >= 4 is 11.3 Å². The van der Waals surface area contributed by atoms with Gasteiger partial charge in [0, 0.05) is 11.6 Å². The largest absolute Gasteiger partial charge is 0.372 e. The van der Waals surface area contributed by atoms with E-state index < -0.39 is 0 Å². The third-order valence-electron chi connectivity index (χ3n) is 0.709. The molecule has 2 nitrogen and oxygen atoms in total. The first-order valence-electron chi connectivity index (χ1n) is 2.19. The zero-order valence-corrected chi connectivity index (χ0v) is 5.15. The van der Waals surface area contributed by atoms with Crippen LogP contribution < -0.4 is 0 Å². The molecule has 0 bridgehead atoms. The van der Waals surface area contributed by atoms with E-state index in [4.69, 9.17) is 0 Å². The lowest BCUT2D eigenvalue weighted by atomic mass is 10.7. The summed E-state index contributed by atoms with van der Waals surface area (Å²) in [5.41, 5.74) is 0. The van der Waals surface area contributed by atoms with Crippen LogP contribution in [-0.2, 0) is 11.3 Å². The van der Waals surface area contributed by atoms with Crippen LogP contribution in [0.25, 0.3) is 0 Å². The Morgan fingerprint density at radius 1 is 1.88 bits per heavy atom. The fourth-order valence-corrected chi connectivity index (χ4v) is 0.963. The molecule has 0 aliphatic carbocycles. The molecule has 0 spiro atoms. The van der Waals surface area contributed by atoms with Gasteiger partial charge in [0.2, 0.25) is 0 Å². The molecule has 1 aromatic heterocycles. The second kappa shape index (κ2) is 2.79. The van der Waals surface area contributed by atoms with Crippen molar-refractivity contribution in [1.82, 2.24) is 4.98 Å². The van der Waals surface area contributed by atoms with Crippen LogP contribution in [-0.4, -0.2) is 4.98 Å². The molecular weight excluding hydrogens is 122 g/mol. The third kappa shape index (κ3) is 1.28. The van der Waals surface area contributed by atoms with E-state index in [2.05, 4.69) is 16.8 Å². The first-order valence-corrected chi connectivity index (χ1v) is 3.07. The molecule has 0 saturated heterocycles. The van der Waals surface area contributed by atoms with Crippen molar-refractivity contribution in [3.63, 3.8) is 0 Å². The molecule has 1 heterocycles. The lowest BCUT2D eigenvalue weighted by Gasteiger charge is -1.87. The zero-order valence-electron chi connectivity index (χ0n) is 4.33. The molecule has 1 rings (SSSR count). The molecule has 43 valence electrons. The molecule has 0 N–H and O–H groups in total. The van der Waals surface area contributed by atoms with E-state index >= 15 is 0 Å². The van der Waals surface area contributed by atoms with Crippen LogP contribution in [0.5, 0.6) is 0 Å². The monoisotopic (exact) mass is 128 g/mol. The van der Waals surface area contributed by atoms with Crippen LogP contribution in [0.3, 0.4) is 0 Å². The Morgan fingerprint density at radius 2 is 2.75 bits per heavy atom. The molecule has 0 amide bonds. The highest BCUT2D eigenvalue weighted by Crippen LogP contribution is 2.03. The summed E-state index contributed by atoms with van der Waals surface area (Å²) in [5, 5.41) is 2.88. The number of rotatable bonds is 2. The highest BCUT2D eigenvalue weighted by Gasteiger charge is 1.89. The van der Waals surface area contributed by atoms with Gasteiger partial charge in [-0.05, 0) is 0 Å². The summed E-state index contributed by atoms with van der Waals surface area (Å²) in [6, 6.07) is 0. The van der Waals surface area contributed by atoms with Gasteiger partial charge in [0.25, 0.3) is 0 Å². The molecule has 3 heteroatoms. The van der Waals surface area contributed by atoms with Crippen LogP contribution in [0.2, 0.25) is 0 Å². The summed E-state index contributed by atoms with van der Waals surface area (Å²) < 4.78 is 4.58. The number of aromatic nitrogens is 1. The second-order valence-corrected chi connectivity index (χ2v) is 2.25. The molecule has 0 unspecified atom stereocenters. The smallest absolute Gasteiger partial charge is 0.118 e. The van der Waals surface area contributed by atoms with Gasteiger partial charge in [-0.25, -0.2) is 4.98 Å². The minimum Gasteiger partial charge on any atom is -0.372 e. The van der Waals surface area contributed by atoms with E-state index in [0.717, 1.165) is 5.01 Å². The van der Waals surface area contributed by atoms with E-state index in [0.29, 0.717) is 6.61 Å². The Hall–Kier alpha value is -0.410. The molecule has 0 saturated carbocycles. The van der Waals surface area contributed by atoms with Crippen LogP contribution in [0.4, 0.5) is 0 Å². The Labute approximate surface area is 52.1 Å². The topological polar surface area (TPSA) is 22.1 Å². The molecule has 0 aliphatic heterocycles. The van der Waals surface area contributed by atoms with Gasteiger partial charge in [-0.2, -0.15) is 0 Å². The maximum Gasteiger partial charge on any atom is 0.118 e. The highest BCUT2D eigenvalue weighted by molar-refractivity contribution is 7.09. The van der Waals surface area contributed by atoms with Crippen LogP contribution in [0, 0.1) is 7.11 Å². The Kier molecular flexibility index (Phi) is 2.00. The summed E-state index contributed by atoms with van der Waals surface area (Å²) in [4.78, 5) is 3.96. The SMILES string of the molecule is [CH2]OCc1nccs1. The summed E-state index contributed by atoms with van der Waals surface area (Å²) in [7, 11) is 3.23. The maximum atomic E-state index is 4.58. The van der Waals surface area contributed by atoms with Gasteiger partial charge < -0.3 is 4.74 Å². The lowest BCUT2D eigenvalue weighted by Crippen LogP contribution is -1.80. The molecule has 0 atom stereocenters. The van der Waals surface area contributed by atoms with Crippen molar-refractivity contribution in [1.29, 1.82) is 0 Å². The third-order valence-corrected chi connectivity index (χ3v) is 1.46. The molecular formula is C5H6NOS. The Balaban J connectivity index is 2.50. The van der Waals surface area contributed by atoms with Gasteiger partial charge in [-0.3, -0.25) is 0 Å². The van der Waals surface area contributed by atoms with Gasteiger partial charge in [-0.15, -0.1) is 11.3 Å². The van der Waals surface area contributed by atoms with Crippen molar-refractivity contribution in [3.8, 4) is 0 Å². The summed E-state index contributed by atoms with van der Waals surface area (Å²) in [5.74, 6) is 0. The van der Waals surface area contributed by atoms with Gasteiger partial charge in [0.15, 0.2) is 0 Å². The zero-order chi connectivity index (χ0) is 5.82. The quantitative estimate of drug-likeness (QED) is 0.601. The Morgan fingerprint density at radius 3 is 3.25 bits per heavy atom. The highest BCUT2D eigenvalue weighted by atomic mass is 32.1. The number of nitrogens with zero attached hydrogens (tertiary/aromatic N) is 1. The van der Waals surface area contributed by atoms with E-state index in [9.17, 15) is 0 Å². The van der Waals surface area contributed by atoms with Crippen LogP contribution in [0.1, 0.15) is 5.01 Å². The minimum absolute atomic E-state index is 0.525. The van der Waals surface area contributed by atoms with E-state index in [1.807, 2.05) is 5.38 Å². The number of thiazole rings is 1.